The summed E-state index contributed by atoms with van der Waals surface area (Å²) in [6.07, 6.45) is 4.00. The molecule has 0 saturated heterocycles. The molecule has 0 aromatic heterocycles. The van der Waals surface area contributed by atoms with Crippen LogP contribution >= 0.6 is 11.8 Å². The van der Waals surface area contributed by atoms with Crippen LogP contribution in [0.3, 0.4) is 0 Å². The van der Waals surface area contributed by atoms with E-state index in [0.29, 0.717) is 0 Å². The molecule has 1 aromatic carbocycles. The Labute approximate surface area is 103 Å². The van der Waals surface area contributed by atoms with Crippen molar-refractivity contribution in [3.63, 3.8) is 0 Å². The Morgan fingerprint density at radius 1 is 1.38 bits per heavy atom. The Bertz CT molecular complexity index is 350. The SMILES string of the molecule is CCc1cc(SC)c(CC(C)N)cc1OC. The zero-order chi connectivity index (χ0) is 12.1. The van der Waals surface area contributed by atoms with Gasteiger partial charge < -0.3 is 10.5 Å². The Kier molecular flexibility index (Phi) is 5.16. The van der Waals surface area contributed by atoms with Gasteiger partial charge in [0.05, 0.1) is 7.11 Å². The van der Waals surface area contributed by atoms with Gasteiger partial charge in [-0.3, -0.25) is 0 Å². The minimum atomic E-state index is 0.183. The first-order chi connectivity index (χ1) is 7.62. The molecular weight excluding hydrogens is 218 g/mol. The van der Waals surface area contributed by atoms with Crippen LogP contribution in [0.4, 0.5) is 0 Å². The van der Waals surface area contributed by atoms with Crippen molar-refractivity contribution in [3.05, 3.63) is 23.3 Å². The fourth-order valence-corrected chi connectivity index (χ4v) is 2.47. The number of methoxy groups -OCH3 is 1. The van der Waals surface area contributed by atoms with Crippen LogP contribution in [0, 0.1) is 0 Å². The van der Waals surface area contributed by atoms with Crippen molar-refractivity contribution in [3.8, 4) is 5.75 Å². The van der Waals surface area contributed by atoms with Crippen LogP contribution in [0.1, 0.15) is 25.0 Å². The highest BCUT2D eigenvalue weighted by Gasteiger charge is 2.10. The summed E-state index contributed by atoms with van der Waals surface area (Å²) in [4.78, 5) is 1.31. The third kappa shape index (κ3) is 3.16. The van der Waals surface area contributed by atoms with Crippen LogP contribution < -0.4 is 10.5 Å². The first-order valence-corrected chi connectivity index (χ1v) is 6.84. The van der Waals surface area contributed by atoms with Gasteiger partial charge in [0.25, 0.3) is 0 Å². The molecule has 1 atom stereocenters. The molecule has 0 aliphatic carbocycles. The summed E-state index contributed by atoms with van der Waals surface area (Å²) in [5.41, 5.74) is 8.41. The molecule has 0 amide bonds. The van der Waals surface area contributed by atoms with Gasteiger partial charge in [-0.2, -0.15) is 0 Å². The summed E-state index contributed by atoms with van der Waals surface area (Å²) >= 11 is 1.78. The Morgan fingerprint density at radius 3 is 2.50 bits per heavy atom. The van der Waals surface area contributed by atoms with Gasteiger partial charge in [-0.05, 0) is 49.3 Å². The minimum absolute atomic E-state index is 0.183. The van der Waals surface area contributed by atoms with Gasteiger partial charge in [-0.1, -0.05) is 6.92 Å². The average molecular weight is 239 g/mol. The number of thioether (sulfide) groups is 1. The van der Waals surface area contributed by atoms with E-state index in [0.717, 1.165) is 18.6 Å². The third-order valence-electron chi connectivity index (χ3n) is 2.61. The standard InChI is InChI=1S/C13H21NOS/c1-5-10-8-13(16-4)11(6-9(2)14)7-12(10)15-3/h7-9H,5-6,14H2,1-4H3. The van der Waals surface area contributed by atoms with Crippen molar-refractivity contribution in [2.24, 2.45) is 5.73 Å². The lowest BCUT2D eigenvalue weighted by Gasteiger charge is -2.15. The molecule has 3 heteroatoms. The molecule has 16 heavy (non-hydrogen) atoms. The van der Waals surface area contributed by atoms with Crippen molar-refractivity contribution in [2.75, 3.05) is 13.4 Å². The monoisotopic (exact) mass is 239 g/mol. The molecule has 0 aliphatic rings. The summed E-state index contributed by atoms with van der Waals surface area (Å²) in [6, 6.07) is 4.54. The topological polar surface area (TPSA) is 35.2 Å². The molecule has 0 saturated carbocycles. The lowest BCUT2D eigenvalue weighted by molar-refractivity contribution is 0.409. The number of rotatable bonds is 5. The molecule has 0 heterocycles. The molecule has 0 fully saturated rings. The highest BCUT2D eigenvalue weighted by atomic mass is 32.2. The molecular formula is C13H21NOS. The van der Waals surface area contributed by atoms with E-state index in [9.17, 15) is 0 Å². The summed E-state index contributed by atoms with van der Waals surface area (Å²) in [6.45, 7) is 4.18. The zero-order valence-corrected chi connectivity index (χ0v) is 11.4. The molecule has 1 rings (SSSR count). The van der Waals surface area contributed by atoms with Crippen molar-refractivity contribution >= 4 is 11.8 Å². The quantitative estimate of drug-likeness (QED) is 0.802. The predicted octanol–water partition coefficient (Wildman–Crippen LogP) is 2.87. The number of ether oxygens (including phenoxy) is 1. The molecule has 2 N–H and O–H groups in total. The van der Waals surface area contributed by atoms with E-state index in [4.69, 9.17) is 10.5 Å². The van der Waals surface area contributed by atoms with Crippen molar-refractivity contribution in [1.29, 1.82) is 0 Å². The Morgan fingerprint density at radius 2 is 2.06 bits per heavy atom. The van der Waals surface area contributed by atoms with Crippen LogP contribution in [-0.2, 0) is 12.8 Å². The van der Waals surface area contributed by atoms with Gasteiger partial charge in [0.1, 0.15) is 5.75 Å². The van der Waals surface area contributed by atoms with Crippen molar-refractivity contribution in [1.82, 2.24) is 0 Å². The van der Waals surface area contributed by atoms with E-state index < -0.39 is 0 Å². The van der Waals surface area contributed by atoms with E-state index in [-0.39, 0.29) is 6.04 Å². The maximum atomic E-state index is 5.86. The molecule has 0 aliphatic heterocycles. The van der Waals surface area contributed by atoms with E-state index in [1.54, 1.807) is 18.9 Å². The fraction of sp³-hybridized carbons (Fsp3) is 0.538. The lowest BCUT2D eigenvalue weighted by Crippen LogP contribution is -2.18. The van der Waals surface area contributed by atoms with E-state index >= 15 is 0 Å². The molecule has 1 unspecified atom stereocenters. The second-order valence-electron chi connectivity index (χ2n) is 4.01. The average Bonchev–Trinajstić information content (AvgIpc) is 2.27. The summed E-state index contributed by atoms with van der Waals surface area (Å²) in [7, 11) is 1.73. The van der Waals surface area contributed by atoms with Gasteiger partial charge in [0, 0.05) is 10.9 Å². The molecule has 0 spiro atoms. The molecule has 2 nitrogen and oxygen atoms in total. The van der Waals surface area contributed by atoms with Crippen molar-refractivity contribution < 1.29 is 4.74 Å². The van der Waals surface area contributed by atoms with E-state index in [1.807, 2.05) is 6.92 Å². The van der Waals surface area contributed by atoms with Crippen LogP contribution in [0.15, 0.2) is 17.0 Å². The first kappa shape index (κ1) is 13.4. The Balaban J connectivity index is 3.15. The van der Waals surface area contributed by atoms with E-state index in [1.165, 1.54) is 16.0 Å². The molecule has 0 bridgehead atoms. The van der Waals surface area contributed by atoms with Gasteiger partial charge >= 0.3 is 0 Å². The summed E-state index contributed by atoms with van der Waals surface area (Å²) in [5.74, 6) is 0.982. The fourth-order valence-electron chi connectivity index (χ4n) is 1.81. The highest BCUT2D eigenvalue weighted by molar-refractivity contribution is 7.98. The second-order valence-corrected chi connectivity index (χ2v) is 4.86. The minimum Gasteiger partial charge on any atom is -0.496 e. The normalized spacial score (nSPS) is 12.6. The largest absolute Gasteiger partial charge is 0.496 e. The first-order valence-electron chi connectivity index (χ1n) is 5.61. The highest BCUT2D eigenvalue weighted by Crippen LogP contribution is 2.30. The van der Waals surface area contributed by atoms with E-state index in [2.05, 4.69) is 25.3 Å². The number of benzene rings is 1. The third-order valence-corrected chi connectivity index (χ3v) is 3.43. The Hall–Kier alpha value is -0.670. The molecule has 1 aromatic rings. The van der Waals surface area contributed by atoms with Crippen LogP contribution in [0.2, 0.25) is 0 Å². The lowest BCUT2D eigenvalue weighted by atomic mass is 10.0. The molecule has 0 radical (unpaired) electrons. The van der Waals surface area contributed by atoms with Crippen LogP contribution in [0.25, 0.3) is 0 Å². The maximum absolute atomic E-state index is 5.86. The van der Waals surface area contributed by atoms with Crippen LogP contribution in [-0.4, -0.2) is 19.4 Å². The van der Waals surface area contributed by atoms with Gasteiger partial charge in [-0.15, -0.1) is 11.8 Å². The molecule has 90 valence electrons. The zero-order valence-electron chi connectivity index (χ0n) is 10.5. The smallest absolute Gasteiger partial charge is 0.122 e. The summed E-state index contributed by atoms with van der Waals surface area (Å²) in [5, 5.41) is 0. The number of hydrogen-bond acceptors (Lipinski definition) is 3. The van der Waals surface area contributed by atoms with Gasteiger partial charge in [0.15, 0.2) is 0 Å². The second kappa shape index (κ2) is 6.16. The maximum Gasteiger partial charge on any atom is 0.122 e. The summed E-state index contributed by atoms with van der Waals surface area (Å²) < 4.78 is 5.41. The van der Waals surface area contributed by atoms with Crippen LogP contribution in [0.5, 0.6) is 5.75 Å². The number of aryl methyl sites for hydroxylation is 1. The van der Waals surface area contributed by atoms with Gasteiger partial charge in [-0.25, -0.2) is 0 Å². The number of nitrogens with two attached hydrogens (primary N) is 1. The predicted molar refractivity (Wildman–Crippen MR) is 71.5 cm³/mol. The number of hydrogen-bond donors (Lipinski definition) is 1. The van der Waals surface area contributed by atoms with Crippen molar-refractivity contribution in [2.45, 2.75) is 37.6 Å². The van der Waals surface area contributed by atoms with Gasteiger partial charge in [0.2, 0.25) is 0 Å².